The average molecular weight is 438 g/mol. The van der Waals surface area contributed by atoms with Gasteiger partial charge < -0.3 is 27.3 Å². The second-order valence-corrected chi connectivity index (χ2v) is 8.57. The third-order valence-electron chi connectivity index (χ3n) is 0.333. The van der Waals surface area contributed by atoms with E-state index in [0.717, 1.165) is 0 Å². The predicted molar refractivity (Wildman–Crippen MR) is 65.0 cm³/mol. The quantitative estimate of drug-likeness (QED) is 0.229. The summed E-state index contributed by atoms with van der Waals surface area (Å²) in [5.41, 5.74) is 0. The Morgan fingerprint density at radius 3 is 0.400 bits per heavy atom. The van der Waals surface area contributed by atoms with Crippen LogP contribution in [0.5, 0.6) is 0 Å². The predicted octanol–water partition coefficient (Wildman–Crippen LogP) is -4.78. The van der Waals surface area contributed by atoms with E-state index in [9.17, 15) is 0 Å². The zero-order chi connectivity index (χ0) is 15.5. The minimum absolute atomic E-state index is 0. The summed E-state index contributed by atoms with van der Waals surface area (Å²) in [6.45, 7) is 0. The number of hydrogen-bond donors (Lipinski definition) is 0. The minimum atomic E-state index is -2.95. The second-order valence-electron chi connectivity index (χ2n) is 1.22. The summed E-state index contributed by atoms with van der Waals surface area (Å²) in [4.78, 5) is 0. The van der Waals surface area contributed by atoms with E-state index in [1.807, 2.05) is 0 Å². The summed E-state index contributed by atoms with van der Waals surface area (Å²) in [5.74, 6) is 0. The third kappa shape index (κ3) is 36.7. The smallest absolute Gasteiger partial charge is 0.763 e. The van der Waals surface area contributed by atoms with E-state index in [1.54, 1.807) is 0 Å². The van der Waals surface area contributed by atoms with Gasteiger partial charge in [-0.15, -0.1) is 0 Å². The maximum Gasteiger partial charge on any atom is 3.00 e. The van der Waals surface area contributed by atoms with Gasteiger partial charge in [-0.05, 0) is 0 Å². The molecule has 6 atom stereocenters. The molecule has 0 rings (SSSR count). The Morgan fingerprint density at radius 2 is 0.400 bits per heavy atom. The zero-order valence-corrected chi connectivity index (χ0v) is 15.7. The molecule has 0 saturated carbocycles. The van der Waals surface area contributed by atoms with Crippen molar-refractivity contribution >= 4 is 95.4 Å². The first-order valence-corrected chi connectivity index (χ1v) is 10.5. The molecule has 0 heterocycles. The first kappa shape index (κ1) is 33.4. The number of hydrogen-bond acceptors (Lipinski definition) is 12. The molecule has 20 heteroatoms. The van der Waals surface area contributed by atoms with E-state index in [4.69, 9.17) is 52.6 Å². The van der Waals surface area contributed by atoms with Gasteiger partial charge in [0.2, 0.25) is 0 Å². The van der Waals surface area contributed by atoms with Gasteiger partial charge in [0.1, 0.15) is 0 Å². The van der Waals surface area contributed by atoms with Gasteiger partial charge in [-0.1, -0.05) is 0 Å². The standard InChI is InChI=1S/2Al.3H2O4S2/c;;3*1-5(2)6(3)4/h;;3*(H,1,2)(H,3,4)/q2*+3;;;/p-6. The van der Waals surface area contributed by atoms with Gasteiger partial charge >= 0.3 is 34.7 Å². The average Bonchev–Trinajstić information content (AvgIpc) is 2.18. The molecule has 0 aliphatic heterocycles. The van der Waals surface area contributed by atoms with Gasteiger partial charge in [-0.3, -0.25) is 25.3 Å². The molecule has 114 valence electrons. The van der Waals surface area contributed by atoms with Crippen molar-refractivity contribution in [3.05, 3.63) is 0 Å². The molecule has 0 aliphatic rings. The van der Waals surface area contributed by atoms with Crippen LogP contribution in [-0.4, -0.2) is 87.3 Å². The van der Waals surface area contributed by atoms with Crippen LogP contribution in [0.15, 0.2) is 0 Å². The second kappa shape index (κ2) is 20.7. The van der Waals surface area contributed by atoms with Crippen molar-refractivity contribution in [2.24, 2.45) is 0 Å². The van der Waals surface area contributed by atoms with Crippen LogP contribution in [0.3, 0.4) is 0 Å². The molecule has 0 N–H and O–H groups in total. The molecule has 0 saturated heterocycles. The Balaban J connectivity index is -0.0000000536. The first-order valence-electron chi connectivity index (χ1n) is 2.50. The summed E-state index contributed by atoms with van der Waals surface area (Å²) < 4.78 is 109. The normalized spacial score (nSPS) is 17.7. The molecule has 0 aliphatic carbocycles. The zero-order valence-electron chi connectivity index (χ0n) is 8.50. The molecule has 0 bridgehead atoms. The van der Waals surface area contributed by atoms with Crippen molar-refractivity contribution in [3.63, 3.8) is 0 Å². The SMILES string of the molecule is O=S([O-])S(=O)[O-].O=S([O-])S(=O)[O-].O=S([O-])S(=O)[O-].[Al+3].[Al+3]. The van der Waals surface area contributed by atoms with Crippen LogP contribution in [0.1, 0.15) is 0 Å². The first-order chi connectivity index (χ1) is 7.93. The van der Waals surface area contributed by atoms with Gasteiger partial charge in [-0.25, -0.2) is 0 Å². The molecule has 0 spiro atoms. The molecule has 0 aromatic heterocycles. The molecule has 20 heavy (non-hydrogen) atoms. The maximum atomic E-state index is 9.09. The fourth-order valence-corrected chi connectivity index (χ4v) is 0. The Kier molecular flexibility index (Phi) is 34.6. The fraction of sp³-hybridized carbons (Fsp3) is 0. The van der Waals surface area contributed by atoms with Crippen LogP contribution in [0.4, 0.5) is 0 Å². The van der Waals surface area contributed by atoms with Crippen LogP contribution >= 0.6 is 0 Å². The fourth-order valence-electron chi connectivity index (χ4n) is 0. The molecule has 0 fully saturated rings. The van der Waals surface area contributed by atoms with Crippen LogP contribution in [-0.2, 0) is 60.7 Å². The van der Waals surface area contributed by atoms with Gasteiger partial charge in [-0.2, -0.15) is 0 Å². The molecule has 12 nitrogen and oxygen atoms in total. The van der Waals surface area contributed by atoms with E-state index in [0.29, 0.717) is 0 Å². The van der Waals surface area contributed by atoms with Crippen LogP contribution < -0.4 is 0 Å². The minimum Gasteiger partial charge on any atom is -0.763 e. The van der Waals surface area contributed by atoms with Crippen molar-refractivity contribution in [1.82, 2.24) is 0 Å². The summed E-state index contributed by atoms with van der Waals surface area (Å²) in [6, 6.07) is 0. The van der Waals surface area contributed by atoms with Crippen molar-refractivity contribution in [2.75, 3.05) is 0 Å². The van der Waals surface area contributed by atoms with Crippen LogP contribution in [0.2, 0.25) is 0 Å². The molecule has 0 amide bonds. The van der Waals surface area contributed by atoms with Crippen molar-refractivity contribution in [2.45, 2.75) is 0 Å². The Bertz CT molecular complexity index is 281. The molecule has 0 aromatic carbocycles. The Morgan fingerprint density at radius 1 is 0.350 bits per heavy atom. The van der Waals surface area contributed by atoms with Gasteiger partial charge in [0, 0.05) is 60.7 Å². The van der Waals surface area contributed by atoms with Crippen LogP contribution in [0, 0.1) is 0 Å². The van der Waals surface area contributed by atoms with E-state index >= 15 is 0 Å². The topological polar surface area (TPSA) is 241 Å². The van der Waals surface area contributed by atoms with E-state index in [1.165, 1.54) is 0 Å². The van der Waals surface area contributed by atoms with Crippen molar-refractivity contribution in [1.29, 1.82) is 0 Å². The Hall–Kier alpha value is 1.72. The van der Waals surface area contributed by atoms with E-state index in [-0.39, 0.29) is 34.7 Å². The number of rotatable bonds is 3. The molecular weight excluding hydrogens is 438 g/mol. The summed E-state index contributed by atoms with van der Waals surface area (Å²) in [5, 5.41) is 0. The van der Waals surface area contributed by atoms with Gasteiger partial charge in [0.25, 0.3) is 0 Å². The van der Waals surface area contributed by atoms with Gasteiger partial charge in [0.15, 0.2) is 0 Å². The largest absolute Gasteiger partial charge is 3.00 e. The Labute approximate surface area is 147 Å². The summed E-state index contributed by atoms with van der Waals surface area (Å²) in [6.07, 6.45) is 0. The molecule has 0 aromatic rings. The van der Waals surface area contributed by atoms with Gasteiger partial charge in [0.05, 0.1) is 0 Å². The van der Waals surface area contributed by atoms with E-state index in [2.05, 4.69) is 0 Å². The van der Waals surface area contributed by atoms with Crippen LogP contribution in [0.25, 0.3) is 0 Å². The van der Waals surface area contributed by atoms with Crippen molar-refractivity contribution in [3.8, 4) is 0 Å². The molecule has 6 unspecified atom stereocenters. The third-order valence-corrected chi connectivity index (χ3v) is 3.00. The molecule has 0 radical (unpaired) electrons. The summed E-state index contributed by atoms with van der Waals surface area (Å²) >= 11 is 0. The van der Waals surface area contributed by atoms with Crippen molar-refractivity contribution < 1.29 is 52.6 Å². The van der Waals surface area contributed by atoms with E-state index < -0.39 is 60.7 Å². The maximum absolute atomic E-state index is 9.09. The molecular formula is Al2O12S6. The summed E-state index contributed by atoms with van der Waals surface area (Å²) in [7, 11) is -17.7. The monoisotopic (exact) mass is 438 g/mol.